The van der Waals surface area contributed by atoms with Crippen molar-refractivity contribution in [2.24, 2.45) is 5.10 Å². The van der Waals surface area contributed by atoms with E-state index in [1.54, 1.807) is 30.3 Å². The third-order valence-corrected chi connectivity index (χ3v) is 6.55. The van der Waals surface area contributed by atoms with Gasteiger partial charge in [0.1, 0.15) is 12.3 Å². The third-order valence-electron chi connectivity index (χ3n) is 4.53. The summed E-state index contributed by atoms with van der Waals surface area (Å²) in [7, 11) is -2.72. The van der Waals surface area contributed by atoms with Crippen LogP contribution in [0.3, 0.4) is 0 Å². The average Bonchev–Trinajstić information content (AvgIpc) is 2.82. The Morgan fingerprint density at radius 2 is 1.88 bits per heavy atom. The molecule has 0 atom stereocenters. The predicted molar refractivity (Wildman–Crippen MR) is 128 cm³/mol. The second-order valence-corrected chi connectivity index (χ2v) is 9.08. The molecule has 0 spiro atoms. The molecule has 0 aliphatic carbocycles. The number of halogens is 1. The van der Waals surface area contributed by atoms with Gasteiger partial charge in [-0.15, -0.1) is 0 Å². The van der Waals surface area contributed by atoms with Crippen molar-refractivity contribution in [3.63, 3.8) is 0 Å². The van der Waals surface area contributed by atoms with Crippen LogP contribution in [0.1, 0.15) is 5.56 Å². The predicted octanol–water partition coefficient (Wildman–Crippen LogP) is 3.60. The summed E-state index contributed by atoms with van der Waals surface area (Å²) in [5, 5.41) is 15.1. The van der Waals surface area contributed by atoms with Crippen LogP contribution in [0.15, 0.2) is 82.8 Å². The summed E-state index contributed by atoms with van der Waals surface area (Å²) in [6, 6.07) is 17.6. The molecule has 1 amide bonds. The van der Waals surface area contributed by atoms with Gasteiger partial charge in [0.25, 0.3) is 21.6 Å². The van der Waals surface area contributed by atoms with Gasteiger partial charge in [-0.3, -0.25) is 19.2 Å². The number of benzene rings is 3. The van der Waals surface area contributed by atoms with Crippen molar-refractivity contribution < 1.29 is 22.9 Å². The molecular formula is C22H19ClN4O6S. The molecule has 0 aliphatic heterocycles. The quantitative estimate of drug-likeness (QED) is 0.270. The number of ether oxygens (including phenoxy) is 1. The van der Waals surface area contributed by atoms with Crippen LogP contribution in [0.5, 0.6) is 5.75 Å². The van der Waals surface area contributed by atoms with E-state index >= 15 is 0 Å². The summed E-state index contributed by atoms with van der Waals surface area (Å²) >= 11 is 6.03. The number of rotatable bonds is 9. The zero-order valence-electron chi connectivity index (χ0n) is 17.8. The van der Waals surface area contributed by atoms with Crippen LogP contribution >= 0.6 is 11.6 Å². The maximum Gasteiger partial charge on any atom is 0.270 e. The lowest BCUT2D eigenvalue weighted by Gasteiger charge is -2.23. The number of methoxy groups -OCH3 is 1. The van der Waals surface area contributed by atoms with E-state index in [0.29, 0.717) is 10.8 Å². The lowest BCUT2D eigenvalue weighted by molar-refractivity contribution is -0.384. The fourth-order valence-corrected chi connectivity index (χ4v) is 4.56. The summed E-state index contributed by atoms with van der Waals surface area (Å²) in [5.74, 6) is -0.448. The summed E-state index contributed by atoms with van der Waals surface area (Å²) in [4.78, 5) is 23.0. The molecule has 3 rings (SSSR count). The molecule has 0 unspecified atom stereocenters. The first-order valence-corrected chi connectivity index (χ1v) is 11.5. The Bertz CT molecular complexity index is 1330. The van der Waals surface area contributed by atoms with E-state index in [4.69, 9.17) is 16.3 Å². The number of sulfonamides is 1. The lowest BCUT2D eigenvalue weighted by atomic mass is 10.2. The van der Waals surface area contributed by atoms with E-state index in [-0.39, 0.29) is 21.8 Å². The summed E-state index contributed by atoms with van der Waals surface area (Å²) in [6.45, 7) is -0.596. The van der Waals surface area contributed by atoms with Gasteiger partial charge in [0.05, 0.1) is 28.8 Å². The molecule has 0 bridgehead atoms. The number of anilines is 1. The minimum Gasteiger partial charge on any atom is -0.496 e. The van der Waals surface area contributed by atoms with Crippen molar-refractivity contribution in [2.75, 3.05) is 18.0 Å². The molecule has 34 heavy (non-hydrogen) atoms. The van der Waals surface area contributed by atoms with Crippen molar-refractivity contribution >= 4 is 45.1 Å². The Morgan fingerprint density at radius 3 is 2.53 bits per heavy atom. The Balaban J connectivity index is 1.85. The minimum absolute atomic E-state index is 0.00684. The number of carbonyl (C=O) groups is 1. The maximum atomic E-state index is 13.2. The molecule has 3 aromatic rings. The Hall–Kier alpha value is -3.96. The van der Waals surface area contributed by atoms with Crippen LogP contribution in [0.25, 0.3) is 0 Å². The molecule has 0 saturated carbocycles. The van der Waals surface area contributed by atoms with E-state index in [1.165, 1.54) is 55.8 Å². The Labute approximate surface area is 200 Å². The van der Waals surface area contributed by atoms with Crippen molar-refractivity contribution in [3.8, 4) is 5.75 Å². The van der Waals surface area contributed by atoms with Crippen LogP contribution in [0, 0.1) is 10.1 Å². The number of amides is 1. The molecule has 176 valence electrons. The first-order valence-electron chi connectivity index (χ1n) is 9.70. The van der Waals surface area contributed by atoms with Crippen LogP contribution in [0.2, 0.25) is 5.02 Å². The molecule has 0 heterocycles. The van der Waals surface area contributed by atoms with Gasteiger partial charge in [0, 0.05) is 22.7 Å². The van der Waals surface area contributed by atoms with Crippen LogP contribution in [-0.4, -0.2) is 39.1 Å². The highest BCUT2D eigenvalue weighted by Crippen LogP contribution is 2.26. The monoisotopic (exact) mass is 502 g/mol. The van der Waals surface area contributed by atoms with Crippen molar-refractivity contribution in [1.29, 1.82) is 0 Å². The van der Waals surface area contributed by atoms with Crippen molar-refractivity contribution in [2.45, 2.75) is 4.90 Å². The van der Waals surface area contributed by atoms with E-state index in [1.807, 2.05) is 0 Å². The van der Waals surface area contributed by atoms with Crippen LogP contribution in [0.4, 0.5) is 11.4 Å². The fraction of sp³-hybridized carbons (Fsp3) is 0.0909. The van der Waals surface area contributed by atoms with E-state index < -0.39 is 27.4 Å². The van der Waals surface area contributed by atoms with Gasteiger partial charge in [0.15, 0.2) is 0 Å². The molecule has 3 aromatic carbocycles. The van der Waals surface area contributed by atoms with Gasteiger partial charge in [-0.2, -0.15) is 5.10 Å². The molecular weight excluding hydrogens is 484 g/mol. The smallest absolute Gasteiger partial charge is 0.270 e. The second kappa shape index (κ2) is 10.8. The van der Waals surface area contributed by atoms with E-state index in [0.717, 1.165) is 4.31 Å². The van der Waals surface area contributed by atoms with Crippen molar-refractivity contribution in [1.82, 2.24) is 5.43 Å². The van der Waals surface area contributed by atoms with Gasteiger partial charge in [-0.05, 0) is 36.4 Å². The lowest BCUT2D eigenvalue weighted by Crippen LogP contribution is -2.39. The minimum atomic E-state index is -4.10. The number of hydrogen-bond acceptors (Lipinski definition) is 7. The molecule has 1 N–H and O–H groups in total. The average molecular weight is 503 g/mol. The standard InChI is InChI=1S/C22H19ClN4O6S/c1-33-21-11-10-19(27(29)30)12-16(21)14-24-25-22(28)15-26(18-7-5-6-17(23)13-18)34(31,32)20-8-3-2-4-9-20/h2-14H,15H2,1H3,(H,25,28). The van der Waals surface area contributed by atoms with Gasteiger partial charge in [0.2, 0.25) is 0 Å². The molecule has 0 fully saturated rings. The summed E-state index contributed by atoms with van der Waals surface area (Å²) in [5.41, 5.74) is 2.49. The molecule has 12 heteroatoms. The number of carbonyl (C=O) groups excluding carboxylic acids is 1. The Kier molecular flexibility index (Phi) is 7.82. The SMILES string of the molecule is COc1ccc([N+](=O)[O-])cc1C=NNC(=O)CN(c1cccc(Cl)c1)S(=O)(=O)c1ccccc1. The molecule has 0 radical (unpaired) electrons. The summed E-state index contributed by atoms with van der Waals surface area (Å²) in [6.07, 6.45) is 1.17. The maximum absolute atomic E-state index is 13.2. The van der Waals surface area contributed by atoms with Crippen molar-refractivity contribution in [3.05, 3.63) is 93.5 Å². The fourth-order valence-electron chi connectivity index (χ4n) is 2.94. The number of nitro groups is 1. The van der Waals surface area contributed by atoms with Gasteiger partial charge in [-0.25, -0.2) is 13.8 Å². The number of nitro benzene ring substituents is 1. The highest BCUT2D eigenvalue weighted by molar-refractivity contribution is 7.92. The molecule has 10 nitrogen and oxygen atoms in total. The molecule has 0 aliphatic rings. The van der Waals surface area contributed by atoms with E-state index in [2.05, 4.69) is 10.5 Å². The molecule has 0 aromatic heterocycles. The molecule has 0 saturated heterocycles. The number of hydrogen-bond donors (Lipinski definition) is 1. The van der Waals surface area contributed by atoms with Gasteiger partial charge >= 0.3 is 0 Å². The third kappa shape index (κ3) is 5.88. The zero-order valence-corrected chi connectivity index (χ0v) is 19.4. The number of hydrazone groups is 1. The highest BCUT2D eigenvalue weighted by atomic mass is 35.5. The van der Waals surface area contributed by atoms with Gasteiger partial charge in [-0.1, -0.05) is 35.9 Å². The second-order valence-electron chi connectivity index (χ2n) is 6.78. The first kappa shape index (κ1) is 24.7. The van der Waals surface area contributed by atoms with Gasteiger partial charge < -0.3 is 4.74 Å². The Morgan fingerprint density at radius 1 is 1.15 bits per heavy atom. The normalized spacial score (nSPS) is 11.2. The summed E-state index contributed by atoms with van der Waals surface area (Å²) < 4.78 is 32.5. The number of nitrogens with zero attached hydrogens (tertiary/aromatic N) is 3. The highest BCUT2D eigenvalue weighted by Gasteiger charge is 2.27. The van der Waals surface area contributed by atoms with Crippen LogP contribution in [-0.2, 0) is 14.8 Å². The van der Waals surface area contributed by atoms with Crippen LogP contribution < -0.4 is 14.5 Å². The van der Waals surface area contributed by atoms with E-state index in [9.17, 15) is 23.3 Å². The zero-order chi connectivity index (χ0) is 24.7. The number of non-ortho nitro benzene ring substituents is 1. The largest absolute Gasteiger partial charge is 0.496 e. The number of nitrogens with one attached hydrogen (secondary N) is 1. The topological polar surface area (TPSA) is 131 Å². The first-order chi connectivity index (χ1) is 16.2.